The summed E-state index contributed by atoms with van der Waals surface area (Å²) in [6.45, 7) is 0.737. The number of sulfonamides is 1. The van der Waals surface area contributed by atoms with Crippen LogP contribution in [0.5, 0.6) is 5.75 Å². The molecule has 1 N–H and O–H groups in total. The van der Waals surface area contributed by atoms with E-state index in [0.717, 1.165) is 24.0 Å². The van der Waals surface area contributed by atoms with Crippen LogP contribution in [0, 0.1) is 7.14 Å². The van der Waals surface area contributed by atoms with Gasteiger partial charge in [-0.2, -0.15) is 9.41 Å². The number of halogens is 3. The molecule has 0 saturated carbocycles. The molecule has 1 fully saturated rings. The maximum atomic E-state index is 13.1. The molecule has 188 valence electrons. The summed E-state index contributed by atoms with van der Waals surface area (Å²) in [5.41, 5.74) is 4.37. The smallest absolute Gasteiger partial charge is 0.258 e. The molecule has 1 aliphatic rings. The third kappa shape index (κ3) is 6.57. The molecule has 1 heterocycles. The number of nitrogens with one attached hydrogen (secondary N) is 1. The van der Waals surface area contributed by atoms with Gasteiger partial charge < -0.3 is 4.74 Å². The van der Waals surface area contributed by atoms with Crippen LogP contribution in [0.2, 0.25) is 5.02 Å². The molecule has 0 radical (unpaired) electrons. The molecule has 11 heteroatoms. The summed E-state index contributed by atoms with van der Waals surface area (Å²) in [4.78, 5) is 12.9. The molecule has 1 aliphatic heterocycles. The second kappa shape index (κ2) is 12.2. The monoisotopic (exact) mass is 749 g/mol. The van der Waals surface area contributed by atoms with Crippen molar-refractivity contribution in [2.75, 3.05) is 6.54 Å². The molecular weight excluding hydrogens is 728 g/mol. The predicted octanol–water partition coefficient (Wildman–Crippen LogP) is 5.43. The fraction of sp³-hybridized carbons (Fsp3) is 0.200. The standard InChI is InChI=1S/C25H22ClI2N3O4S/c26-19-8-10-20(11-9-19)36(33,34)31-12-4-7-23(31)25(32)30-29-15-18-13-21(27)24(22(28)14-18)35-16-17-5-2-1-3-6-17/h1-3,5-6,8-11,13-15,23H,4,7,12,16H2,(H,30,32)/b29-15-/t23-/m0/s1. The van der Waals surface area contributed by atoms with Crippen LogP contribution in [0.25, 0.3) is 0 Å². The van der Waals surface area contributed by atoms with Gasteiger partial charge in [0.15, 0.2) is 0 Å². The molecule has 0 bridgehead atoms. The van der Waals surface area contributed by atoms with Crippen molar-refractivity contribution in [3.63, 3.8) is 0 Å². The van der Waals surface area contributed by atoms with E-state index >= 15 is 0 Å². The van der Waals surface area contributed by atoms with Gasteiger partial charge in [0.1, 0.15) is 18.4 Å². The molecule has 1 atom stereocenters. The molecule has 4 rings (SSSR count). The van der Waals surface area contributed by atoms with Crippen molar-refractivity contribution in [3.8, 4) is 5.75 Å². The number of nitrogens with zero attached hydrogens (tertiary/aromatic N) is 2. The SMILES string of the molecule is O=C(N/N=C\c1cc(I)c(OCc2ccccc2)c(I)c1)[C@@H]1CCCN1S(=O)(=O)c1ccc(Cl)cc1. The van der Waals surface area contributed by atoms with Crippen molar-refractivity contribution >= 4 is 78.9 Å². The van der Waals surface area contributed by atoms with Crippen molar-refractivity contribution in [2.45, 2.75) is 30.4 Å². The van der Waals surface area contributed by atoms with Crippen LogP contribution >= 0.6 is 56.8 Å². The van der Waals surface area contributed by atoms with E-state index in [9.17, 15) is 13.2 Å². The Bertz CT molecular complexity index is 1350. The van der Waals surface area contributed by atoms with Crippen LogP contribution in [-0.2, 0) is 21.4 Å². The zero-order valence-corrected chi connectivity index (χ0v) is 24.8. The first-order valence-corrected chi connectivity index (χ1v) is 15.0. The third-order valence-corrected chi connectivity index (χ3v) is 9.34. The average molecular weight is 750 g/mol. The Morgan fingerprint density at radius 1 is 1.11 bits per heavy atom. The first-order chi connectivity index (χ1) is 17.3. The lowest BCUT2D eigenvalue weighted by Crippen LogP contribution is -2.44. The molecule has 0 spiro atoms. The van der Waals surface area contributed by atoms with E-state index in [-0.39, 0.29) is 11.4 Å². The number of hydrogen-bond donors (Lipinski definition) is 1. The minimum atomic E-state index is -3.82. The Morgan fingerprint density at radius 3 is 2.44 bits per heavy atom. The van der Waals surface area contributed by atoms with E-state index in [2.05, 4.69) is 55.7 Å². The van der Waals surface area contributed by atoms with E-state index in [1.807, 2.05) is 42.5 Å². The molecule has 0 aromatic heterocycles. The minimum absolute atomic E-state index is 0.105. The number of hydrazone groups is 1. The topological polar surface area (TPSA) is 88.1 Å². The zero-order chi connectivity index (χ0) is 25.7. The molecule has 3 aromatic carbocycles. The van der Waals surface area contributed by atoms with Gasteiger partial charge in [-0.25, -0.2) is 13.8 Å². The van der Waals surface area contributed by atoms with Gasteiger partial charge in [0.2, 0.25) is 10.0 Å². The molecule has 0 unspecified atom stereocenters. The Balaban J connectivity index is 1.40. The van der Waals surface area contributed by atoms with E-state index in [0.29, 0.717) is 24.5 Å². The fourth-order valence-corrected chi connectivity index (χ4v) is 7.71. The second-order valence-corrected chi connectivity index (χ2v) is 12.7. The van der Waals surface area contributed by atoms with E-state index in [1.165, 1.54) is 34.8 Å². The highest BCUT2D eigenvalue weighted by Crippen LogP contribution is 2.30. The maximum Gasteiger partial charge on any atom is 0.258 e. The van der Waals surface area contributed by atoms with Crippen molar-refractivity contribution < 1.29 is 17.9 Å². The summed E-state index contributed by atoms with van der Waals surface area (Å²) >= 11 is 10.3. The van der Waals surface area contributed by atoms with E-state index < -0.39 is 22.0 Å². The maximum absolute atomic E-state index is 13.1. The Hall–Kier alpha value is -1.74. The van der Waals surface area contributed by atoms with Crippen molar-refractivity contribution in [1.29, 1.82) is 0 Å². The lowest BCUT2D eigenvalue weighted by Gasteiger charge is -2.22. The van der Waals surface area contributed by atoms with Crippen molar-refractivity contribution in [1.82, 2.24) is 9.73 Å². The molecule has 7 nitrogen and oxygen atoms in total. The number of amides is 1. The number of hydrogen-bond acceptors (Lipinski definition) is 5. The molecule has 1 saturated heterocycles. The van der Waals surface area contributed by atoms with Gasteiger partial charge in [-0.1, -0.05) is 41.9 Å². The Labute approximate surface area is 242 Å². The minimum Gasteiger partial charge on any atom is -0.487 e. The van der Waals surface area contributed by atoms with Crippen LogP contribution in [-0.4, -0.2) is 37.4 Å². The second-order valence-electron chi connectivity index (χ2n) is 8.05. The van der Waals surface area contributed by atoms with E-state index in [1.54, 1.807) is 0 Å². The highest BCUT2D eigenvalue weighted by atomic mass is 127. The number of ether oxygens (including phenoxy) is 1. The fourth-order valence-electron chi connectivity index (χ4n) is 3.80. The largest absolute Gasteiger partial charge is 0.487 e. The van der Waals surface area contributed by atoms with E-state index in [4.69, 9.17) is 16.3 Å². The average Bonchev–Trinajstić information content (AvgIpc) is 3.36. The number of carbonyl (C=O) groups is 1. The van der Waals surface area contributed by atoms with Gasteiger partial charge in [0.25, 0.3) is 5.91 Å². The predicted molar refractivity (Wildman–Crippen MR) is 157 cm³/mol. The summed E-state index contributed by atoms with van der Waals surface area (Å²) in [5.74, 6) is 0.323. The van der Waals surface area contributed by atoms with Crippen LogP contribution in [0.3, 0.4) is 0 Å². The number of benzene rings is 3. The quantitative estimate of drug-likeness (QED) is 0.189. The van der Waals surface area contributed by atoms with Gasteiger partial charge >= 0.3 is 0 Å². The van der Waals surface area contributed by atoms with Gasteiger partial charge in [0, 0.05) is 11.6 Å². The van der Waals surface area contributed by atoms with Gasteiger partial charge in [-0.05, 0) is 106 Å². The summed E-state index contributed by atoms with van der Waals surface area (Å²) in [6, 6.07) is 18.8. The highest BCUT2D eigenvalue weighted by molar-refractivity contribution is 14.1. The van der Waals surface area contributed by atoms with Crippen LogP contribution in [0.15, 0.2) is 76.7 Å². The summed E-state index contributed by atoms with van der Waals surface area (Å²) < 4.78 is 35.2. The summed E-state index contributed by atoms with van der Waals surface area (Å²) in [6.07, 6.45) is 2.56. The molecular formula is C25H22ClI2N3O4S. The number of rotatable bonds is 8. The summed E-state index contributed by atoms with van der Waals surface area (Å²) in [7, 11) is -3.82. The first-order valence-electron chi connectivity index (χ1n) is 11.0. The van der Waals surface area contributed by atoms with Gasteiger partial charge in [0.05, 0.1) is 18.3 Å². The van der Waals surface area contributed by atoms with Gasteiger partial charge in [-0.3, -0.25) is 4.79 Å². The van der Waals surface area contributed by atoms with Crippen LogP contribution in [0.4, 0.5) is 0 Å². The third-order valence-electron chi connectivity index (χ3n) is 5.56. The normalized spacial score (nSPS) is 16.4. The van der Waals surface area contributed by atoms with Crippen molar-refractivity contribution in [3.05, 3.63) is 90.0 Å². The highest BCUT2D eigenvalue weighted by Gasteiger charge is 2.39. The first kappa shape index (κ1) is 27.3. The van der Waals surface area contributed by atoms with Crippen LogP contribution < -0.4 is 10.2 Å². The number of carbonyl (C=O) groups excluding carboxylic acids is 1. The van der Waals surface area contributed by atoms with Gasteiger partial charge in [-0.15, -0.1) is 0 Å². The summed E-state index contributed by atoms with van der Waals surface area (Å²) in [5, 5.41) is 4.53. The Morgan fingerprint density at radius 2 is 1.78 bits per heavy atom. The molecule has 0 aliphatic carbocycles. The lowest BCUT2D eigenvalue weighted by molar-refractivity contribution is -0.124. The van der Waals surface area contributed by atoms with Crippen molar-refractivity contribution in [2.24, 2.45) is 5.10 Å². The molecule has 36 heavy (non-hydrogen) atoms. The molecule has 1 amide bonds. The Kier molecular flexibility index (Phi) is 9.25. The molecule has 3 aromatic rings. The van der Waals surface area contributed by atoms with Crippen LogP contribution in [0.1, 0.15) is 24.0 Å². The zero-order valence-electron chi connectivity index (χ0n) is 18.9. The lowest BCUT2D eigenvalue weighted by atomic mass is 10.2.